The molecule has 14 heavy (non-hydrogen) atoms. The lowest BCUT2D eigenvalue weighted by molar-refractivity contribution is 0.118. The standard InChI is InChI=1S/C10H12N2O2/c1-7-8(5-11-6-12-7)10(13)9-3-2-4-14-9/h3,5-6,10,13H,2,4H2,1H3. The molecular weight excluding hydrogens is 180 g/mol. The lowest BCUT2D eigenvalue weighted by atomic mass is 10.1. The maximum atomic E-state index is 9.93. The Balaban J connectivity index is 2.26. The van der Waals surface area contributed by atoms with Gasteiger partial charge in [-0.05, 0) is 13.0 Å². The zero-order chi connectivity index (χ0) is 9.97. The Morgan fingerprint density at radius 1 is 1.57 bits per heavy atom. The average Bonchev–Trinajstić information content (AvgIpc) is 2.70. The van der Waals surface area contributed by atoms with Gasteiger partial charge in [0.05, 0.1) is 6.61 Å². The van der Waals surface area contributed by atoms with Crippen molar-refractivity contribution in [3.05, 3.63) is 35.6 Å². The Hall–Kier alpha value is -1.42. The second-order valence-electron chi connectivity index (χ2n) is 3.21. The third-order valence-electron chi connectivity index (χ3n) is 2.25. The molecule has 2 heterocycles. The fourth-order valence-electron chi connectivity index (χ4n) is 1.45. The number of rotatable bonds is 2. The SMILES string of the molecule is Cc1ncncc1C(O)C1=CCCO1. The van der Waals surface area contributed by atoms with Gasteiger partial charge in [0, 0.05) is 23.9 Å². The predicted molar refractivity (Wildman–Crippen MR) is 50.4 cm³/mol. The fourth-order valence-corrected chi connectivity index (χ4v) is 1.45. The Bertz CT molecular complexity index is 363. The van der Waals surface area contributed by atoms with E-state index in [0.717, 1.165) is 12.1 Å². The van der Waals surface area contributed by atoms with Crippen molar-refractivity contribution >= 4 is 0 Å². The van der Waals surface area contributed by atoms with Crippen LogP contribution in [-0.4, -0.2) is 21.7 Å². The smallest absolute Gasteiger partial charge is 0.139 e. The number of ether oxygens (including phenoxy) is 1. The molecule has 1 aromatic heterocycles. The molecule has 0 fully saturated rings. The maximum Gasteiger partial charge on any atom is 0.139 e. The third-order valence-corrected chi connectivity index (χ3v) is 2.25. The van der Waals surface area contributed by atoms with Crippen LogP contribution in [0.3, 0.4) is 0 Å². The molecule has 0 saturated heterocycles. The maximum absolute atomic E-state index is 9.93. The van der Waals surface area contributed by atoms with Crippen molar-refractivity contribution in [2.45, 2.75) is 19.4 Å². The van der Waals surface area contributed by atoms with E-state index >= 15 is 0 Å². The van der Waals surface area contributed by atoms with E-state index < -0.39 is 6.10 Å². The fraction of sp³-hybridized carbons (Fsp3) is 0.400. The summed E-state index contributed by atoms with van der Waals surface area (Å²) >= 11 is 0. The van der Waals surface area contributed by atoms with E-state index in [-0.39, 0.29) is 0 Å². The summed E-state index contributed by atoms with van der Waals surface area (Å²) in [6.45, 7) is 2.49. The highest BCUT2D eigenvalue weighted by Crippen LogP contribution is 2.26. The van der Waals surface area contributed by atoms with Crippen molar-refractivity contribution < 1.29 is 9.84 Å². The molecule has 1 unspecified atom stereocenters. The summed E-state index contributed by atoms with van der Waals surface area (Å²) in [4.78, 5) is 7.90. The molecule has 0 amide bonds. The van der Waals surface area contributed by atoms with Crippen molar-refractivity contribution in [2.24, 2.45) is 0 Å². The molecule has 1 N–H and O–H groups in total. The van der Waals surface area contributed by atoms with Gasteiger partial charge < -0.3 is 9.84 Å². The van der Waals surface area contributed by atoms with Gasteiger partial charge in [0.2, 0.25) is 0 Å². The zero-order valence-corrected chi connectivity index (χ0v) is 7.97. The summed E-state index contributed by atoms with van der Waals surface area (Å²) in [5, 5.41) is 9.93. The average molecular weight is 192 g/mol. The first-order valence-electron chi connectivity index (χ1n) is 4.56. The molecule has 1 aromatic rings. The summed E-state index contributed by atoms with van der Waals surface area (Å²) in [6.07, 6.45) is 5.12. The number of hydrogen-bond acceptors (Lipinski definition) is 4. The Kier molecular flexibility index (Phi) is 2.45. The quantitative estimate of drug-likeness (QED) is 0.763. The van der Waals surface area contributed by atoms with Crippen LogP contribution >= 0.6 is 0 Å². The molecule has 1 aliphatic heterocycles. The van der Waals surface area contributed by atoms with Gasteiger partial charge in [-0.3, -0.25) is 0 Å². The van der Waals surface area contributed by atoms with Gasteiger partial charge in [0.1, 0.15) is 18.2 Å². The molecule has 4 heteroatoms. The lowest BCUT2D eigenvalue weighted by Crippen LogP contribution is -2.05. The van der Waals surface area contributed by atoms with E-state index in [1.165, 1.54) is 6.33 Å². The van der Waals surface area contributed by atoms with E-state index in [1.807, 2.05) is 13.0 Å². The van der Waals surface area contributed by atoms with Crippen LogP contribution in [0, 0.1) is 6.92 Å². The number of aliphatic hydroxyl groups excluding tert-OH is 1. The summed E-state index contributed by atoms with van der Waals surface area (Å²) in [5.74, 6) is 0.614. The number of aromatic nitrogens is 2. The van der Waals surface area contributed by atoms with Crippen molar-refractivity contribution in [1.29, 1.82) is 0 Å². The monoisotopic (exact) mass is 192 g/mol. The van der Waals surface area contributed by atoms with Gasteiger partial charge in [-0.25, -0.2) is 9.97 Å². The molecule has 0 radical (unpaired) electrons. The first kappa shape index (κ1) is 9.15. The van der Waals surface area contributed by atoms with Gasteiger partial charge in [0.15, 0.2) is 0 Å². The van der Waals surface area contributed by atoms with Gasteiger partial charge >= 0.3 is 0 Å². The van der Waals surface area contributed by atoms with Crippen molar-refractivity contribution in [1.82, 2.24) is 9.97 Å². The molecule has 2 rings (SSSR count). The molecule has 0 aliphatic carbocycles. The minimum atomic E-state index is -0.723. The molecule has 4 nitrogen and oxygen atoms in total. The lowest BCUT2D eigenvalue weighted by Gasteiger charge is -2.13. The minimum Gasteiger partial charge on any atom is -0.495 e. The summed E-state index contributed by atoms with van der Waals surface area (Å²) in [6, 6.07) is 0. The first-order chi connectivity index (χ1) is 6.79. The molecule has 0 aromatic carbocycles. The topological polar surface area (TPSA) is 55.2 Å². The molecule has 1 atom stereocenters. The Labute approximate surface area is 82.3 Å². The second kappa shape index (κ2) is 3.75. The molecule has 0 saturated carbocycles. The highest BCUT2D eigenvalue weighted by Gasteiger charge is 2.20. The summed E-state index contributed by atoms with van der Waals surface area (Å²) in [7, 11) is 0. The van der Waals surface area contributed by atoms with E-state index in [4.69, 9.17) is 4.74 Å². The predicted octanol–water partition coefficient (Wildman–Crippen LogP) is 1.12. The van der Waals surface area contributed by atoms with Crippen molar-refractivity contribution in [2.75, 3.05) is 6.61 Å². The van der Waals surface area contributed by atoms with E-state index in [2.05, 4.69) is 9.97 Å². The van der Waals surface area contributed by atoms with Gasteiger partial charge in [-0.2, -0.15) is 0 Å². The molecule has 0 bridgehead atoms. The molecule has 0 spiro atoms. The van der Waals surface area contributed by atoms with Crippen LogP contribution in [0.2, 0.25) is 0 Å². The number of aryl methyl sites for hydroxylation is 1. The molecule has 1 aliphatic rings. The van der Waals surface area contributed by atoms with Crippen LogP contribution in [0.4, 0.5) is 0 Å². The van der Waals surface area contributed by atoms with E-state index in [9.17, 15) is 5.11 Å². The van der Waals surface area contributed by atoms with E-state index in [0.29, 0.717) is 17.9 Å². The zero-order valence-electron chi connectivity index (χ0n) is 7.97. The van der Waals surface area contributed by atoms with Gasteiger partial charge in [-0.1, -0.05) is 0 Å². The summed E-state index contributed by atoms with van der Waals surface area (Å²) in [5.41, 5.74) is 1.49. The Morgan fingerprint density at radius 3 is 3.07 bits per heavy atom. The van der Waals surface area contributed by atoms with Crippen LogP contribution in [0.15, 0.2) is 24.4 Å². The highest BCUT2D eigenvalue weighted by molar-refractivity contribution is 5.24. The molecule has 74 valence electrons. The summed E-state index contributed by atoms with van der Waals surface area (Å²) < 4.78 is 5.28. The van der Waals surface area contributed by atoms with Crippen molar-refractivity contribution in [3.8, 4) is 0 Å². The second-order valence-corrected chi connectivity index (χ2v) is 3.21. The van der Waals surface area contributed by atoms with Crippen LogP contribution in [0.5, 0.6) is 0 Å². The number of nitrogens with zero attached hydrogens (tertiary/aromatic N) is 2. The Morgan fingerprint density at radius 2 is 2.43 bits per heavy atom. The van der Waals surface area contributed by atoms with Crippen LogP contribution in [-0.2, 0) is 4.74 Å². The van der Waals surface area contributed by atoms with Gasteiger partial charge in [0.25, 0.3) is 0 Å². The largest absolute Gasteiger partial charge is 0.495 e. The molecular formula is C10H12N2O2. The number of aliphatic hydroxyl groups is 1. The normalized spacial score (nSPS) is 17.4. The van der Waals surface area contributed by atoms with Crippen molar-refractivity contribution in [3.63, 3.8) is 0 Å². The highest BCUT2D eigenvalue weighted by atomic mass is 16.5. The third kappa shape index (κ3) is 1.61. The van der Waals surface area contributed by atoms with Crippen LogP contribution in [0.1, 0.15) is 23.8 Å². The van der Waals surface area contributed by atoms with Crippen LogP contribution in [0.25, 0.3) is 0 Å². The minimum absolute atomic E-state index is 0.614. The first-order valence-corrected chi connectivity index (χ1v) is 4.56. The number of hydrogen-bond donors (Lipinski definition) is 1. The van der Waals surface area contributed by atoms with Gasteiger partial charge in [-0.15, -0.1) is 0 Å². The van der Waals surface area contributed by atoms with E-state index in [1.54, 1.807) is 6.20 Å². The van der Waals surface area contributed by atoms with Crippen LogP contribution < -0.4 is 0 Å².